The minimum atomic E-state index is -1.29. The minimum absolute atomic E-state index is 0.0641. The topological polar surface area (TPSA) is 229 Å². The summed E-state index contributed by atoms with van der Waals surface area (Å²) in [6.45, 7) is 4.19. The summed E-state index contributed by atoms with van der Waals surface area (Å²) in [5.74, 6) is -0.381. The third-order valence-electron chi connectivity index (χ3n) is 6.70. The Hall–Kier alpha value is -4.90. The molecule has 1 aliphatic heterocycles. The van der Waals surface area contributed by atoms with Gasteiger partial charge in [-0.1, -0.05) is 11.6 Å². The number of hydrogen-bond acceptors (Lipinski definition) is 14. The van der Waals surface area contributed by atoms with E-state index in [0.29, 0.717) is 42.4 Å². The van der Waals surface area contributed by atoms with Crippen molar-refractivity contribution in [3.05, 3.63) is 34.6 Å². The van der Waals surface area contributed by atoms with Crippen LogP contribution in [0, 0.1) is 22.7 Å². The molecule has 17 heteroatoms. The van der Waals surface area contributed by atoms with Gasteiger partial charge in [-0.05, 0) is 32.4 Å². The molecule has 0 bridgehead atoms. The molecule has 3 aromatic rings. The highest BCUT2D eigenvalue weighted by atomic mass is 35.5. The van der Waals surface area contributed by atoms with Gasteiger partial charge < -0.3 is 41.2 Å². The van der Waals surface area contributed by atoms with Gasteiger partial charge in [0.15, 0.2) is 17.2 Å². The first-order valence-corrected chi connectivity index (χ1v) is 13.6. The monoisotopic (exact) mass is 611 g/mol. The van der Waals surface area contributed by atoms with Crippen LogP contribution in [0.2, 0.25) is 5.02 Å². The lowest BCUT2D eigenvalue weighted by molar-refractivity contribution is -0.154. The first-order chi connectivity index (χ1) is 20.6. The molecule has 2 unspecified atom stereocenters. The van der Waals surface area contributed by atoms with Gasteiger partial charge in [0, 0.05) is 13.1 Å². The Labute approximate surface area is 251 Å². The number of carbonyl (C=O) groups is 2. The third kappa shape index (κ3) is 6.78. The van der Waals surface area contributed by atoms with E-state index in [4.69, 9.17) is 26.8 Å². The zero-order valence-corrected chi connectivity index (χ0v) is 24.3. The van der Waals surface area contributed by atoms with E-state index < -0.39 is 36.4 Å². The van der Waals surface area contributed by atoms with Gasteiger partial charge in [0.1, 0.15) is 18.2 Å². The number of rotatable bonds is 9. The fourth-order valence-corrected chi connectivity index (χ4v) is 4.74. The van der Waals surface area contributed by atoms with Crippen molar-refractivity contribution in [2.75, 3.05) is 42.3 Å². The fraction of sp³-hybridized carbons (Fsp3) is 0.423. The van der Waals surface area contributed by atoms with Crippen LogP contribution in [0.15, 0.2) is 18.3 Å². The van der Waals surface area contributed by atoms with Crippen LogP contribution in [-0.4, -0.2) is 87.8 Å². The Balaban J connectivity index is 1.68. The van der Waals surface area contributed by atoms with Crippen molar-refractivity contribution in [1.29, 1.82) is 10.5 Å². The largest absolute Gasteiger partial charge is 0.457 e. The number of carbonyl (C=O) groups excluding carboxylic acids is 2. The molecule has 6 N–H and O–H groups in total. The lowest BCUT2D eigenvalue weighted by Gasteiger charge is -2.40. The number of ether oxygens (including phenoxy) is 2. The highest BCUT2D eigenvalue weighted by Crippen LogP contribution is 2.37. The van der Waals surface area contributed by atoms with Gasteiger partial charge >= 0.3 is 12.1 Å². The van der Waals surface area contributed by atoms with Crippen molar-refractivity contribution >= 4 is 52.5 Å². The van der Waals surface area contributed by atoms with Crippen molar-refractivity contribution in [2.24, 2.45) is 5.73 Å². The predicted octanol–water partition coefficient (Wildman–Crippen LogP) is 1.25. The second kappa shape index (κ2) is 13.4. The number of hydrogen-bond donors (Lipinski definition) is 5. The molecule has 43 heavy (non-hydrogen) atoms. The number of aliphatic hydroxyl groups excluding tert-OH is 1. The molecule has 1 amide bonds. The number of nitriles is 2. The van der Waals surface area contributed by atoms with Crippen LogP contribution in [0.25, 0.3) is 5.65 Å². The van der Waals surface area contributed by atoms with Gasteiger partial charge in [-0.25, -0.2) is 9.78 Å². The number of halogens is 1. The Bertz CT molecular complexity index is 1600. The molecule has 2 aromatic heterocycles. The summed E-state index contributed by atoms with van der Waals surface area (Å²) in [5, 5.41) is 42.4. The first kappa shape index (κ1) is 31.0. The molecule has 0 aliphatic carbocycles. The zero-order valence-electron chi connectivity index (χ0n) is 23.5. The van der Waals surface area contributed by atoms with Crippen molar-refractivity contribution < 1.29 is 24.2 Å². The number of aromatic nitrogens is 4. The maximum absolute atomic E-state index is 12.6. The van der Waals surface area contributed by atoms with Gasteiger partial charge in [0.25, 0.3) is 0 Å². The Kier molecular flexibility index (Phi) is 9.66. The van der Waals surface area contributed by atoms with Crippen molar-refractivity contribution in [3.63, 3.8) is 0 Å². The summed E-state index contributed by atoms with van der Waals surface area (Å²) in [4.78, 5) is 35.1. The number of nitrogens with one attached hydrogen (secondary N) is 3. The lowest BCUT2D eigenvalue weighted by Crippen LogP contribution is -2.57. The number of anilines is 4. The minimum Gasteiger partial charge on any atom is -0.457 e. The molecule has 1 aromatic carbocycles. The number of nitrogens with two attached hydrogens (primary N) is 1. The van der Waals surface area contributed by atoms with E-state index >= 15 is 0 Å². The zero-order chi connectivity index (χ0) is 31.3. The van der Waals surface area contributed by atoms with E-state index in [1.54, 1.807) is 11.0 Å². The van der Waals surface area contributed by atoms with Crippen LogP contribution in [0.3, 0.4) is 0 Å². The number of esters is 1. The molecule has 226 valence electrons. The number of aliphatic hydroxyl groups is 1. The maximum Gasteiger partial charge on any atom is 0.407 e. The number of fused-ring (bicyclic) bond motifs is 1. The summed E-state index contributed by atoms with van der Waals surface area (Å²) >= 11 is 6.86. The highest BCUT2D eigenvalue weighted by Gasteiger charge is 2.36. The van der Waals surface area contributed by atoms with E-state index in [2.05, 4.69) is 37.1 Å². The van der Waals surface area contributed by atoms with E-state index in [1.807, 2.05) is 13.0 Å². The van der Waals surface area contributed by atoms with Crippen molar-refractivity contribution in [1.82, 2.24) is 24.9 Å². The Morgan fingerprint density at radius 2 is 2.09 bits per heavy atom. The molecular formula is C26H30ClN11O5. The van der Waals surface area contributed by atoms with Crippen LogP contribution < -0.4 is 26.6 Å². The number of alkyl carbamates (subject to hydrolysis) is 1. The summed E-state index contributed by atoms with van der Waals surface area (Å²) in [7, 11) is 1.22. The second-order valence-electron chi connectivity index (χ2n) is 9.62. The van der Waals surface area contributed by atoms with Crippen molar-refractivity contribution in [2.45, 2.75) is 44.6 Å². The van der Waals surface area contributed by atoms with E-state index in [9.17, 15) is 25.2 Å². The van der Waals surface area contributed by atoms with Crippen LogP contribution in [-0.2, 0) is 14.3 Å². The average Bonchev–Trinajstić information content (AvgIpc) is 3.41. The Morgan fingerprint density at radius 1 is 1.33 bits per heavy atom. The quantitative estimate of drug-likeness (QED) is 0.214. The lowest BCUT2D eigenvalue weighted by atomic mass is 10.00. The highest BCUT2D eigenvalue weighted by molar-refractivity contribution is 6.36. The van der Waals surface area contributed by atoms with Crippen LogP contribution in [0.4, 0.5) is 27.9 Å². The van der Waals surface area contributed by atoms with Gasteiger partial charge in [0.05, 0.1) is 60.0 Å². The van der Waals surface area contributed by atoms with E-state index in [-0.39, 0.29) is 28.8 Å². The molecule has 16 nitrogen and oxygen atoms in total. The number of methoxy groups -OCH3 is 1. The molecule has 1 fully saturated rings. The number of piperidine rings is 1. The van der Waals surface area contributed by atoms with Crippen molar-refractivity contribution in [3.8, 4) is 12.1 Å². The van der Waals surface area contributed by atoms with Gasteiger partial charge in [-0.2, -0.15) is 20.0 Å². The second-order valence-corrected chi connectivity index (χ2v) is 10.00. The molecule has 1 aliphatic rings. The Morgan fingerprint density at radius 3 is 2.74 bits per heavy atom. The molecule has 4 rings (SSSR count). The molecule has 3 heterocycles. The summed E-state index contributed by atoms with van der Waals surface area (Å²) < 4.78 is 11.7. The van der Waals surface area contributed by atoms with Gasteiger partial charge in [-0.3, -0.25) is 4.79 Å². The number of benzene rings is 1. The summed E-state index contributed by atoms with van der Waals surface area (Å²) in [6, 6.07) is 5.32. The van der Waals surface area contributed by atoms with E-state index in [0.717, 1.165) is 0 Å². The molecular weight excluding hydrogens is 582 g/mol. The fourth-order valence-electron chi connectivity index (χ4n) is 4.47. The van der Waals surface area contributed by atoms with Gasteiger partial charge in [0.2, 0.25) is 5.95 Å². The number of imidazole rings is 1. The average molecular weight is 612 g/mol. The molecule has 0 saturated carbocycles. The smallest absolute Gasteiger partial charge is 0.407 e. The maximum atomic E-state index is 12.6. The molecule has 4 atom stereocenters. The molecule has 1 saturated heterocycles. The molecule has 0 spiro atoms. The SMILES string of the molecule is CCNc1nc(Nc2cc(C#N)cc(N3CCC(NC(=O)OC)C(OC(=O)[C@@H](N)[C@@H](C)O)C3)c2Cl)nn2c(C#N)cnc12. The van der Waals surface area contributed by atoms with Crippen LogP contribution in [0.5, 0.6) is 0 Å². The first-order valence-electron chi connectivity index (χ1n) is 13.2. The standard InChI is InChI=1S/C26H30ClN11O5/c1-4-31-22-23-32-11-15(10-29)38(23)36-25(35-22)33-17-7-14(9-28)8-18(20(17)27)37-6-5-16(34-26(41)42-3)19(12-37)43-24(40)21(30)13(2)39/h7-8,11,13,16,19,21,39H,4-6,12,30H2,1-3H3,(H,34,41)(H2,31,33,35,36)/t13-,16?,19?,21+/m1/s1. The van der Waals surface area contributed by atoms with Gasteiger partial charge in [-0.15, -0.1) is 5.10 Å². The predicted molar refractivity (Wildman–Crippen MR) is 155 cm³/mol. The third-order valence-corrected chi connectivity index (χ3v) is 7.10. The van der Waals surface area contributed by atoms with Crippen LogP contribution >= 0.6 is 11.6 Å². The number of amides is 1. The summed E-state index contributed by atoms with van der Waals surface area (Å²) in [5.41, 5.74) is 7.32. The normalized spacial score (nSPS) is 17.7. The summed E-state index contributed by atoms with van der Waals surface area (Å²) in [6.07, 6.45) is -1.07. The van der Waals surface area contributed by atoms with E-state index in [1.165, 1.54) is 30.8 Å². The van der Waals surface area contributed by atoms with Crippen LogP contribution in [0.1, 0.15) is 31.5 Å². The number of nitrogens with zero attached hydrogens (tertiary/aromatic N) is 7. The molecule has 0 radical (unpaired) electrons.